The first-order chi connectivity index (χ1) is 19.9. The maximum atomic E-state index is 13.1. The number of aromatic nitrogens is 4. The number of para-hydroxylation sites is 2. The minimum atomic E-state index is -3.66. The second-order valence-electron chi connectivity index (χ2n) is 9.36. The predicted octanol–water partition coefficient (Wildman–Crippen LogP) is 3.86. The zero-order valence-electron chi connectivity index (χ0n) is 21.8. The number of nitrogens with zero attached hydrogens (tertiary/aromatic N) is 5. The molecule has 0 bridgehead atoms. The van der Waals surface area contributed by atoms with Crippen LogP contribution in [-0.2, 0) is 14.8 Å². The Kier molecular flexibility index (Phi) is 7.03. The molecule has 0 spiro atoms. The van der Waals surface area contributed by atoms with E-state index >= 15 is 0 Å². The van der Waals surface area contributed by atoms with Gasteiger partial charge in [0, 0.05) is 30.4 Å². The van der Waals surface area contributed by atoms with Crippen molar-refractivity contribution in [2.45, 2.75) is 4.90 Å². The first-order valence-electron chi connectivity index (χ1n) is 12.9. The number of benzene rings is 3. The van der Waals surface area contributed by atoms with E-state index in [1.54, 1.807) is 65.5 Å². The third kappa shape index (κ3) is 5.19. The zero-order valence-corrected chi connectivity index (χ0v) is 22.6. The molecule has 0 radical (unpaired) electrons. The number of aromatic amines is 1. The smallest absolute Gasteiger partial charge is 0.259 e. The molecule has 1 aliphatic rings. The molecule has 0 atom stereocenters. The fraction of sp³-hybridized carbons (Fsp3) is 0.133. The summed E-state index contributed by atoms with van der Waals surface area (Å²) in [5.74, 6) is 0.140. The minimum absolute atomic E-state index is 0.140. The highest BCUT2D eigenvalue weighted by Gasteiger charge is 2.26. The lowest BCUT2D eigenvalue weighted by Crippen LogP contribution is -2.40. The van der Waals surface area contributed by atoms with Crippen molar-refractivity contribution in [3.05, 3.63) is 107 Å². The Labute approximate surface area is 235 Å². The summed E-state index contributed by atoms with van der Waals surface area (Å²) < 4.78 is 34.6. The number of allylic oxidation sites excluding steroid dienone is 1. The quantitative estimate of drug-likeness (QED) is 0.310. The second-order valence-corrected chi connectivity index (χ2v) is 11.3. The summed E-state index contributed by atoms with van der Waals surface area (Å²) in [7, 11) is -3.66. The lowest BCUT2D eigenvalue weighted by molar-refractivity contribution is 0.0730. The van der Waals surface area contributed by atoms with Crippen molar-refractivity contribution < 1.29 is 13.2 Å². The fourth-order valence-corrected chi connectivity index (χ4v) is 6.08. The minimum Gasteiger partial charge on any atom is -0.379 e. The molecule has 0 saturated carbocycles. The van der Waals surface area contributed by atoms with E-state index in [4.69, 9.17) is 9.84 Å². The van der Waals surface area contributed by atoms with Crippen molar-refractivity contribution in [1.82, 2.24) is 24.1 Å². The van der Waals surface area contributed by atoms with Crippen molar-refractivity contribution in [3.8, 4) is 23.0 Å². The number of rotatable bonds is 6. The second kappa shape index (κ2) is 10.9. The van der Waals surface area contributed by atoms with Crippen molar-refractivity contribution >= 4 is 32.6 Å². The molecule has 1 N–H and O–H groups in total. The highest BCUT2D eigenvalue weighted by molar-refractivity contribution is 7.89. The molecule has 0 unspecified atom stereocenters. The molecule has 1 saturated heterocycles. The van der Waals surface area contributed by atoms with Gasteiger partial charge in [0.25, 0.3) is 5.56 Å². The Morgan fingerprint density at radius 1 is 0.976 bits per heavy atom. The van der Waals surface area contributed by atoms with Gasteiger partial charge in [0.15, 0.2) is 5.82 Å². The monoisotopic (exact) mass is 564 g/mol. The summed E-state index contributed by atoms with van der Waals surface area (Å²) in [6.45, 7) is 1.34. The predicted molar refractivity (Wildman–Crippen MR) is 154 cm³/mol. The van der Waals surface area contributed by atoms with Gasteiger partial charge in [-0.15, -0.1) is 0 Å². The van der Waals surface area contributed by atoms with Crippen LogP contribution in [0.4, 0.5) is 0 Å². The van der Waals surface area contributed by atoms with E-state index in [1.165, 1.54) is 4.31 Å². The van der Waals surface area contributed by atoms with Crippen LogP contribution in [0.2, 0.25) is 0 Å². The summed E-state index contributed by atoms with van der Waals surface area (Å²) in [6.07, 6.45) is 3.40. The van der Waals surface area contributed by atoms with Crippen LogP contribution in [0.3, 0.4) is 0 Å². The lowest BCUT2D eigenvalue weighted by atomic mass is 10.1. The average Bonchev–Trinajstić information content (AvgIpc) is 3.44. The third-order valence-corrected chi connectivity index (χ3v) is 8.70. The van der Waals surface area contributed by atoms with Crippen molar-refractivity contribution in [2.24, 2.45) is 0 Å². The van der Waals surface area contributed by atoms with E-state index in [-0.39, 0.29) is 21.9 Å². The number of hydrogen-bond donors (Lipinski definition) is 1. The Morgan fingerprint density at radius 3 is 2.41 bits per heavy atom. The topological polar surface area (TPSA) is 134 Å². The van der Waals surface area contributed by atoms with Crippen LogP contribution >= 0.6 is 0 Å². The maximum absolute atomic E-state index is 13.1. The van der Waals surface area contributed by atoms with E-state index in [0.717, 1.165) is 5.69 Å². The molecule has 6 rings (SSSR count). The highest BCUT2D eigenvalue weighted by atomic mass is 32.2. The van der Waals surface area contributed by atoms with Gasteiger partial charge >= 0.3 is 0 Å². The molecular weight excluding hydrogens is 540 g/mol. The van der Waals surface area contributed by atoms with Gasteiger partial charge in [-0.2, -0.15) is 14.7 Å². The van der Waals surface area contributed by atoms with Crippen molar-refractivity contribution in [3.63, 3.8) is 0 Å². The van der Waals surface area contributed by atoms with E-state index in [0.29, 0.717) is 54.0 Å². The van der Waals surface area contributed by atoms with Gasteiger partial charge in [-0.05, 0) is 42.5 Å². The molecule has 3 aromatic carbocycles. The van der Waals surface area contributed by atoms with E-state index in [9.17, 15) is 18.5 Å². The van der Waals surface area contributed by atoms with Gasteiger partial charge in [0.05, 0.1) is 46.0 Å². The van der Waals surface area contributed by atoms with Gasteiger partial charge in [-0.25, -0.2) is 18.1 Å². The van der Waals surface area contributed by atoms with Gasteiger partial charge in [-0.3, -0.25) is 4.79 Å². The molecule has 0 aliphatic carbocycles. The van der Waals surface area contributed by atoms with Gasteiger partial charge in [0.1, 0.15) is 6.07 Å². The molecule has 0 amide bonds. The summed E-state index contributed by atoms with van der Waals surface area (Å²) in [5.41, 5.74) is 2.85. The van der Waals surface area contributed by atoms with Crippen LogP contribution in [0.25, 0.3) is 39.5 Å². The number of hydrogen-bond acceptors (Lipinski definition) is 7. The average molecular weight is 565 g/mol. The Balaban J connectivity index is 1.44. The summed E-state index contributed by atoms with van der Waals surface area (Å²) in [4.78, 5) is 20.1. The molecular formula is C30H24N6O4S. The summed E-state index contributed by atoms with van der Waals surface area (Å²) in [5, 5.41) is 15.3. The molecule has 11 heteroatoms. The van der Waals surface area contributed by atoms with E-state index in [1.807, 2.05) is 30.3 Å². The molecule has 1 fully saturated rings. The normalized spacial score (nSPS) is 14.7. The lowest BCUT2D eigenvalue weighted by Gasteiger charge is -2.26. The molecule has 2 aromatic heterocycles. The zero-order chi connectivity index (χ0) is 28.4. The van der Waals surface area contributed by atoms with E-state index < -0.39 is 10.0 Å². The van der Waals surface area contributed by atoms with Crippen LogP contribution in [-0.4, -0.2) is 58.8 Å². The van der Waals surface area contributed by atoms with Gasteiger partial charge in [-0.1, -0.05) is 42.5 Å². The Morgan fingerprint density at radius 2 is 1.68 bits per heavy atom. The van der Waals surface area contributed by atoms with Crippen LogP contribution in [0.5, 0.6) is 0 Å². The molecule has 204 valence electrons. The number of nitriles is 1. The van der Waals surface area contributed by atoms with Gasteiger partial charge < -0.3 is 9.72 Å². The SMILES string of the molecule is N#CC(=Cc1cn(-c2ccccc2)nc1-c1ccc(S(=O)(=O)N2CCOCC2)cc1)c1nc2ccccc2c(=O)[nH]1. The largest absolute Gasteiger partial charge is 0.379 e. The summed E-state index contributed by atoms with van der Waals surface area (Å²) in [6, 6.07) is 25.1. The van der Waals surface area contributed by atoms with Crippen molar-refractivity contribution in [2.75, 3.05) is 26.3 Å². The van der Waals surface area contributed by atoms with Crippen LogP contribution in [0, 0.1) is 11.3 Å². The fourth-order valence-electron chi connectivity index (χ4n) is 4.67. The highest BCUT2D eigenvalue weighted by Crippen LogP contribution is 2.29. The number of morpholine rings is 1. The molecule has 3 heterocycles. The maximum Gasteiger partial charge on any atom is 0.259 e. The first-order valence-corrected chi connectivity index (χ1v) is 14.3. The summed E-state index contributed by atoms with van der Waals surface area (Å²) >= 11 is 0. The Bertz CT molecular complexity index is 1970. The molecule has 41 heavy (non-hydrogen) atoms. The standard InChI is InChI=1S/C30H24N6O4S/c31-19-22(29-32-27-9-5-4-8-26(27)30(37)33-29)18-23-20-36(24-6-2-1-3-7-24)34-28(23)21-10-12-25(13-11-21)41(38,39)35-14-16-40-17-15-35/h1-13,18,20H,14-17H2,(H,32,33,37). The molecule has 5 aromatic rings. The van der Waals surface area contributed by atoms with E-state index in [2.05, 4.69) is 16.0 Å². The molecule has 10 nitrogen and oxygen atoms in total. The number of H-pyrrole nitrogens is 1. The Hall–Kier alpha value is -4.89. The third-order valence-electron chi connectivity index (χ3n) is 6.79. The first kappa shape index (κ1) is 26.3. The van der Waals surface area contributed by atoms with Crippen molar-refractivity contribution in [1.29, 1.82) is 5.26 Å². The van der Waals surface area contributed by atoms with Gasteiger partial charge in [0.2, 0.25) is 10.0 Å². The number of sulfonamides is 1. The van der Waals surface area contributed by atoms with Crippen LogP contribution in [0.15, 0.2) is 94.7 Å². The molecule has 1 aliphatic heterocycles. The number of fused-ring (bicyclic) bond motifs is 1. The van der Waals surface area contributed by atoms with Crippen LogP contribution < -0.4 is 5.56 Å². The number of ether oxygens (including phenoxy) is 1. The van der Waals surface area contributed by atoms with Crippen LogP contribution in [0.1, 0.15) is 11.4 Å². The number of nitrogens with one attached hydrogen (secondary N) is 1.